The molecule has 3 rings (SSSR count). The number of rotatable bonds is 6. The maximum atomic E-state index is 12.4. The van der Waals surface area contributed by atoms with E-state index in [2.05, 4.69) is 21.6 Å². The number of aryl methyl sites for hydroxylation is 2. The number of benzene rings is 2. The Balaban J connectivity index is 1.64. The number of carbonyl (C=O) groups is 2. The van der Waals surface area contributed by atoms with E-state index < -0.39 is 5.25 Å². The third-order valence-corrected chi connectivity index (χ3v) is 5.02. The molecule has 0 aliphatic rings. The average molecular weight is 395 g/mol. The van der Waals surface area contributed by atoms with Gasteiger partial charge in [0.1, 0.15) is 0 Å². The van der Waals surface area contributed by atoms with Crippen LogP contribution in [0.25, 0.3) is 11.5 Å². The number of aromatic nitrogens is 2. The molecule has 0 aliphatic heterocycles. The quantitative estimate of drug-likeness (QED) is 0.482. The average Bonchev–Trinajstić information content (AvgIpc) is 3.10. The van der Waals surface area contributed by atoms with Crippen LogP contribution in [0.4, 0.5) is 5.69 Å². The molecule has 1 N–H and O–H groups in total. The van der Waals surface area contributed by atoms with Crippen molar-refractivity contribution >= 4 is 29.1 Å². The van der Waals surface area contributed by atoms with Crippen molar-refractivity contribution in [2.75, 3.05) is 5.32 Å². The fourth-order valence-electron chi connectivity index (χ4n) is 2.71. The van der Waals surface area contributed by atoms with E-state index in [4.69, 9.17) is 4.42 Å². The molecule has 1 unspecified atom stereocenters. The van der Waals surface area contributed by atoms with Gasteiger partial charge in [-0.3, -0.25) is 9.59 Å². The Bertz CT molecular complexity index is 992. The van der Waals surface area contributed by atoms with Crippen LogP contribution in [0, 0.1) is 13.8 Å². The van der Waals surface area contributed by atoms with Crippen molar-refractivity contribution < 1.29 is 14.0 Å². The number of carbonyl (C=O) groups excluding carboxylic acids is 2. The smallest absolute Gasteiger partial charge is 0.277 e. The molecule has 1 atom stereocenters. The molecular weight excluding hydrogens is 374 g/mol. The Morgan fingerprint density at radius 1 is 1.04 bits per heavy atom. The molecule has 144 valence electrons. The van der Waals surface area contributed by atoms with E-state index in [1.807, 2.05) is 26.0 Å². The maximum absolute atomic E-state index is 12.4. The lowest BCUT2D eigenvalue weighted by Crippen LogP contribution is -2.22. The van der Waals surface area contributed by atoms with Crippen LogP contribution >= 0.6 is 11.8 Å². The topological polar surface area (TPSA) is 85.1 Å². The van der Waals surface area contributed by atoms with Gasteiger partial charge < -0.3 is 9.73 Å². The van der Waals surface area contributed by atoms with E-state index in [1.165, 1.54) is 18.7 Å². The van der Waals surface area contributed by atoms with Gasteiger partial charge in [0.05, 0.1) is 5.25 Å². The van der Waals surface area contributed by atoms with Gasteiger partial charge in [-0.25, -0.2) is 0 Å². The minimum absolute atomic E-state index is 0.0159. The Morgan fingerprint density at radius 2 is 1.68 bits per heavy atom. The third-order valence-electron chi connectivity index (χ3n) is 4.08. The summed E-state index contributed by atoms with van der Waals surface area (Å²) in [7, 11) is 0. The summed E-state index contributed by atoms with van der Waals surface area (Å²) < 4.78 is 5.72. The molecule has 3 aromatic rings. The Kier molecular flexibility index (Phi) is 5.94. The van der Waals surface area contributed by atoms with Crippen LogP contribution in [0.2, 0.25) is 0 Å². The molecule has 6 nitrogen and oxygen atoms in total. The fourth-order valence-corrected chi connectivity index (χ4v) is 3.39. The van der Waals surface area contributed by atoms with Gasteiger partial charge in [0.25, 0.3) is 5.22 Å². The lowest BCUT2D eigenvalue weighted by atomic mass is 10.1. The zero-order valence-electron chi connectivity index (χ0n) is 16.1. The van der Waals surface area contributed by atoms with Crippen LogP contribution in [-0.2, 0) is 4.79 Å². The van der Waals surface area contributed by atoms with E-state index >= 15 is 0 Å². The number of nitrogens with one attached hydrogen (secondary N) is 1. The second-order valence-corrected chi connectivity index (χ2v) is 7.92. The summed E-state index contributed by atoms with van der Waals surface area (Å²) in [6, 6.07) is 12.8. The predicted octanol–water partition coefficient (Wildman–Crippen LogP) is 4.68. The summed E-state index contributed by atoms with van der Waals surface area (Å²) in [5.41, 5.74) is 4.32. The van der Waals surface area contributed by atoms with Gasteiger partial charge >= 0.3 is 0 Å². The van der Waals surface area contributed by atoms with E-state index in [-0.39, 0.29) is 11.7 Å². The Morgan fingerprint density at radius 3 is 2.29 bits per heavy atom. The minimum Gasteiger partial charge on any atom is -0.411 e. The number of hydrogen-bond acceptors (Lipinski definition) is 6. The van der Waals surface area contributed by atoms with E-state index in [1.54, 1.807) is 31.2 Å². The first-order valence-electron chi connectivity index (χ1n) is 8.82. The minimum atomic E-state index is -0.431. The molecule has 0 spiro atoms. The summed E-state index contributed by atoms with van der Waals surface area (Å²) in [5.74, 6) is 0.228. The van der Waals surface area contributed by atoms with Crippen molar-refractivity contribution in [2.45, 2.75) is 38.2 Å². The van der Waals surface area contributed by atoms with Crippen molar-refractivity contribution in [3.8, 4) is 11.5 Å². The monoisotopic (exact) mass is 395 g/mol. The van der Waals surface area contributed by atoms with Gasteiger partial charge in [-0.2, -0.15) is 0 Å². The van der Waals surface area contributed by atoms with Gasteiger partial charge in [0.15, 0.2) is 5.78 Å². The summed E-state index contributed by atoms with van der Waals surface area (Å²) in [4.78, 5) is 23.7. The SMILES string of the molecule is CC(=O)c1ccc(NC(=O)C(C)Sc2nnc(-c3cc(C)cc(C)c3)o2)cc1. The van der Waals surface area contributed by atoms with Crippen LogP contribution in [0.5, 0.6) is 0 Å². The van der Waals surface area contributed by atoms with Crippen LogP contribution < -0.4 is 5.32 Å². The molecule has 0 fully saturated rings. The summed E-state index contributed by atoms with van der Waals surface area (Å²) >= 11 is 1.20. The van der Waals surface area contributed by atoms with Crippen molar-refractivity contribution in [2.24, 2.45) is 0 Å². The molecule has 2 aromatic carbocycles. The van der Waals surface area contributed by atoms with Crippen molar-refractivity contribution in [3.05, 3.63) is 59.2 Å². The molecule has 0 aliphatic carbocycles. The molecule has 7 heteroatoms. The molecule has 0 saturated heterocycles. The Labute approximate surface area is 167 Å². The lowest BCUT2D eigenvalue weighted by Gasteiger charge is -2.10. The highest BCUT2D eigenvalue weighted by Gasteiger charge is 2.19. The molecule has 0 bridgehead atoms. The molecule has 1 amide bonds. The van der Waals surface area contributed by atoms with Crippen LogP contribution in [0.1, 0.15) is 35.3 Å². The van der Waals surface area contributed by atoms with Crippen LogP contribution in [0.15, 0.2) is 52.1 Å². The van der Waals surface area contributed by atoms with Gasteiger partial charge in [0.2, 0.25) is 11.8 Å². The number of anilines is 1. The summed E-state index contributed by atoms with van der Waals surface area (Å²) in [5, 5.41) is 10.9. The normalized spacial score (nSPS) is 11.9. The van der Waals surface area contributed by atoms with E-state index in [0.29, 0.717) is 22.4 Å². The summed E-state index contributed by atoms with van der Waals surface area (Å²) in [6.07, 6.45) is 0. The summed E-state index contributed by atoms with van der Waals surface area (Å²) in [6.45, 7) is 7.30. The second kappa shape index (κ2) is 8.39. The highest BCUT2D eigenvalue weighted by atomic mass is 32.2. The fraction of sp³-hybridized carbons (Fsp3) is 0.238. The van der Waals surface area contributed by atoms with Gasteiger partial charge in [-0.05, 0) is 64.1 Å². The number of ketones is 1. The van der Waals surface area contributed by atoms with E-state index in [0.717, 1.165) is 16.7 Å². The first kappa shape index (κ1) is 19.8. The molecule has 28 heavy (non-hydrogen) atoms. The number of thioether (sulfide) groups is 1. The zero-order chi connectivity index (χ0) is 20.3. The zero-order valence-corrected chi connectivity index (χ0v) is 17.0. The van der Waals surface area contributed by atoms with Gasteiger partial charge in [0, 0.05) is 16.8 Å². The van der Waals surface area contributed by atoms with E-state index in [9.17, 15) is 9.59 Å². The van der Waals surface area contributed by atoms with Gasteiger partial charge in [-0.1, -0.05) is 29.0 Å². The number of amides is 1. The predicted molar refractivity (Wildman–Crippen MR) is 110 cm³/mol. The number of hydrogen-bond donors (Lipinski definition) is 1. The molecular formula is C21H21N3O3S. The van der Waals surface area contributed by atoms with Gasteiger partial charge in [-0.15, -0.1) is 10.2 Å². The molecule has 0 radical (unpaired) electrons. The van der Waals surface area contributed by atoms with Crippen LogP contribution in [0.3, 0.4) is 0 Å². The first-order valence-corrected chi connectivity index (χ1v) is 9.70. The molecule has 0 saturated carbocycles. The standard InChI is InChI=1S/C21H21N3O3S/c1-12-9-13(2)11-17(10-12)20-23-24-21(27-20)28-15(4)19(26)22-18-7-5-16(6-8-18)14(3)25/h5-11,15H,1-4H3,(H,22,26). The van der Waals surface area contributed by atoms with Crippen molar-refractivity contribution in [1.29, 1.82) is 0 Å². The Hall–Kier alpha value is -2.93. The van der Waals surface area contributed by atoms with Crippen LogP contribution in [-0.4, -0.2) is 27.1 Å². The first-order chi connectivity index (χ1) is 13.3. The molecule has 1 heterocycles. The number of Topliss-reactive ketones (excluding diaryl/α,β-unsaturated/α-hetero) is 1. The third kappa shape index (κ3) is 4.86. The highest BCUT2D eigenvalue weighted by Crippen LogP contribution is 2.27. The lowest BCUT2D eigenvalue weighted by molar-refractivity contribution is -0.115. The highest BCUT2D eigenvalue weighted by molar-refractivity contribution is 8.00. The largest absolute Gasteiger partial charge is 0.411 e. The maximum Gasteiger partial charge on any atom is 0.277 e. The van der Waals surface area contributed by atoms with Crippen molar-refractivity contribution in [3.63, 3.8) is 0 Å². The molecule has 1 aromatic heterocycles. The second-order valence-electron chi connectivity index (χ2n) is 6.63. The number of nitrogens with zero attached hydrogens (tertiary/aromatic N) is 2. The van der Waals surface area contributed by atoms with Crippen molar-refractivity contribution in [1.82, 2.24) is 10.2 Å².